The van der Waals surface area contributed by atoms with Gasteiger partial charge in [0.1, 0.15) is 11.4 Å². The minimum Gasteiger partial charge on any atom is -0.359 e. The minimum absolute atomic E-state index is 0.226. The van der Waals surface area contributed by atoms with Crippen molar-refractivity contribution in [3.05, 3.63) is 33.3 Å². The molecule has 0 aliphatic rings. The van der Waals surface area contributed by atoms with Crippen LogP contribution in [0.3, 0.4) is 0 Å². The molecule has 2 heterocycles. The van der Waals surface area contributed by atoms with Gasteiger partial charge >= 0.3 is 5.82 Å². The maximum absolute atomic E-state index is 12.2. The van der Waals surface area contributed by atoms with Gasteiger partial charge in [0.2, 0.25) is 5.91 Å². The first-order chi connectivity index (χ1) is 10.3. The summed E-state index contributed by atoms with van der Waals surface area (Å²) in [6, 6.07) is 1.37. The molecular formula is C13H17N5O4. The Balaban J connectivity index is 2.07. The zero-order valence-corrected chi connectivity index (χ0v) is 12.8. The Morgan fingerprint density at radius 2 is 2.18 bits per heavy atom. The van der Waals surface area contributed by atoms with Crippen molar-refractivity contribution in [1.82, 2.24) is 14.9 Å². The van der Waals surface area contributed by atoms with Gasteiger partial charge in [-0.15, -0.1) is 0 Å². The summed E-state index contributed by atoms with van der Waals surface area (Å²) in [6.45, 7) is 7.12. The second-order valence-corrected chi connectivity index (χ2v) is 5.17. The molecule has 0 radical (unpaired) electrons. The lowest BCUT2D eigenvalue weighted by Crippen LogP contribution is -2.25. The predicted octanol–water partition coefficient (Wildman–Crippen LogP) is 1.98. The highest BCUT2D eigenvalue weighted by Crippen LogP contribution is 2.20. The van der Waals surface area contributed by atoms with Crippen LogP contribution in [0.15, 0.2) is 10.6 Å². The molecule has 0 saturated heterocycles. The quantitative estimate of drug-likeness (QED) is 0.667. The molecule has 2 aromatic rings. The Morgan fingerprint density at radius 3 is 2.68 bits per heavy atom. The predicted molar refractivity (Wildman–Crippen MR) is 77.4 cm³/mol. The average Bonchev–Trinajstić information content (AvgIpc) is 2.96. The lowest BCUT2D eigenvalue weighted by molar-refractivity contribution is -0.389. The third-order valence-electron chi connectivity index (χ3n) is 3.33. The van der Waals surface area contributed by atoms with Gasteiger partial charge < -0.3 is 20.0 Å². The number of nitrogens with one attached hydrogen (secondary N) is 1. The molecule has 1 N–H and O–H groups in total. The minimum atomic E-state index is -0.557. The Kier molecular flexibility index (Phi) is 4.25. The van der Waals surface area contributed by atoms with Gasteiger partial charge in [-0.3, -0.25) is 4.79 Å². The summed E-state index contributed by atoms with van der Waals surface area (Å²) in [4.78, 5) is 22.4. The Hall–Kier alpha value is -2.71. The zero-order chi connectivity index (χ0) is 16.4. The van der Waals surface area contributed by atoms with E-state index in [1.807, 2.05) is 0 Å². The summed E-state index contributed by atoms with van der Waals surface area (Å²) < 4.78 is 6.44. The van der Waals surface area contributed by atoms with Gasteiger partial charge in [0.15, 0.2) is 5.76 Å². The smallest absolute Gasteiger partial charge is 0.359 e. The number of carbonyl (C=O) groups excluding carboxylic acids is 1. The van der Waals surface area contributed by atoms with Crippen LogP contribution < -0.4 is 5.32 Å². The molecule has 9 nitrogen and oxygen atoms in total. The number of anilines is 1. The van der Waals surface area contributed by atoms with Gasteiger partial charge in [-0.2, -0.15) is 4.68 Å². The van der Waals surface area contributed by atoms with Gasteiger partial charge in [0.05, 0.1) is 29.3 Å². The molecule has 118 valence electrons. The standard InChI is InChI=1S/C13H17N5O4/c1-7(6-17-8(2)5-11(15-17)18(20)21)13(19)14-12-9(3)16-22-10(12)4/h5,7H,6H2,1-4H3,(H,14,19). The highest BCUT2D eigenvalue weighted by atomic mass is 16.6. The van der Waals surface area contributed by atoms with Crippen LogP contribution in [0.4, 0.5) is 11.5 Å². The average molecular weight is 307 g/mol. The van der Waals surface area contributed by atoms with Crippen molar-refractivity contribution < 1.29 is 14.2 Å². The second-order valence-electron chi connectivity index (χ2n) is 5.17. The maximum Gasteiger partial charge on any atom is 0.390 e. The molecule has 9 heteroatoms. The molecule has 0 aromatic carbocycles. The Bertz CT molecular complexity index is 699. The summed E-state index contributed by atoms with van der Waals surface area (Å²) >= 11 is 0. The number of amides is 1. The monoisotopic (exact) mass is 307 g/mol. The van der Waals surface area contributed by atoms with Crippen LogP contribution in [-0.4, -0.2) is 25.8 Å². The van der Waals surface area contributed by atoms with E-state index in [0.29, 0.717) is 22.8 Å². The number of nitro groups is 1. The third kappa shape index (κ3) is 3.13. The fourth-order valence-corrected chi connectivity index (χ4v) is 2.02. The molecule has 2 aromatic heterocycles. The topological polar surface area (TPSA) is 116 Å². The van der Waals surface area contributed by atoms with Crippen LogP contribution in [0.2, 0.25) is 0 Å². The number of carbonyl (C=O) groups is 1. The fourth-order valence-electron chi connectivity index (χ4n) is 2.02. The van der Waals surface area contributed by atoms with E-state index < -0.39 is 10.8 Å². The first kappa shape index (κ1) is 15.7. The summed E-state index contributed by atoms with van der Waals surface area (Å²) in [6.07, 6.45) is 0. The molecule has 0 spiro atoms. The van der Waals surface area contributed by atoms with Crippen LogP contribution in [0.25, 0.3) is 0 Å². The van der Waals surface area contributed by atoms with Crippen LogP contribution in [-0.2, 0) is 11.3 Å². The summed E-state index contributed by atoms with van der Waals surface area (Å²) in [5.41, 5.74) is 1.78. The molecule has 22 heavy (non-hydrogen) atoms. The highest BCUT2D eigenvalue weighted by Gasteiger charge is 2.22. The number of hydrogen-bond acceptors (Lipinski definition) is 6. The van der Waals surface area contributed by atoms with Crippen molar-refractivity contribution in [2.45, 2.75) is 34.2 Å². The van der Waals surface area contributed by atoms with Crippen molar-refractivity contribution in [2.24, 2.45) is 5.92 Å². The van der Waals surface area contributed by atoms with Crippen LogP contribution in [0, 0.1) is 36.8 Å². The van der Waals surface area contributed by atoms with E-state index in [4.69, 9.17) is 4.52 Å². The lowest BCUT2D eigenvalue weighted by atomic mass is 10.1. The van der Waals surface area contributed by atoms with E-state index in [2.05, 4.69) is 15.6 Å². The van der Waals surface area contributed by atoms with E-state index in [9.17, 15) is 14.9 Å². The molecule has 0 aliphatic heterocycles. The van der Waals surface area contributed by atoms with E-state index in [1.165, 1.54) is 10.7 Å². The molecule has 0 saturated carbocycles. The van der Waals surface area contributed by atoms with Crippen molar-refractivity contribution in [3.63, 3.8) is 0 Å². The third-order valence-corrected chi connectivity index (χ3v) is 3.33. The van der Waals surface area contributed by atoms with E-state index in [1.54, 1.807) is 27.7 Å². The summed E-state index contributed by atoms with van der Waals surface area (Å²) in [5, 5.41) is 21.1. The first-order valence-corrected chi connectivity index (χ1v) is 6.72. The van der Waals surface area contributed by atoms with Crippen molar-refractivity contribution in [2.75, 3.05) is 5.32 Å². The fraction of sp³-hybridized carbons (Fsp3) is 0.462. The highest BCUT2D eigenvalue weighted by molar-refractivity contribution is 5.93. The van der Waals surface area contributed by atoms with Gasteiger partial charge in [-0.25, -0.2) is 0 Å². The molecule has 0 fully saturated rings. The number of hydrogen-bond donors (Lipinski definition) is 1. The van der Waals surface area contributed by atoms with E-state index >= 15 is 0 Å². The van der Waals surface area contributed by atoms with Crippen LogP contribution in [0.5, 0.6) is 0 Å². The molecule has 1 unspecified atom stereocenters. The van der Waals surface area contributed by atoms with Gasteiger partial charge in [0, 0.05) is 0 Å². The molecule has 0 aliphatic carbocycles. The van der Waals surface area contributed by atoms with E-state index in [0.717, 1.165) is 0 Å². The van der Waals surface area contributed by atoms with Crippen LogP contribution in [0.1, 0.15) is 24.1 Å². The Morgan fingerprint density at radius 1 is 1.50 bits per heavy atom. The first-order valence-electron chi connectivity index (χ1n) is 6.72. The zero-order valence-electron chi connectivity index (χ0n) is 12.8. The van der Waals surface area contributed by atoms with Crippen molar-refractivity contribution in [1.29, 1.82) is 0 Å². The maximum atomic E-state index is 12.2. The number of aryl methyl sites for hydroxylation is 3. The molecule has 1 amide bonds. The summed E-state index contributed by atoms with van der Waals surface area (Å²) in [7, 11) is 0. The molecule has 2 rings (SSSR count). The number of nitrogens with zero attached hydrogens (tertiary/aromatic N) is 4. The van der Waals surface area contributed by atoms with Gasteiger partial charge in [0.25, 0.3) is 0 Å². The second kappa shape index (κ2) is 5.96. The SMILES string of the molecule is Cc1noc(C)c1NC(=O)C(C)Cn1nc([N+](=O)[O-])cc1C. The Labute approximate surface area is 126 Å². The normalized spacial score (nSPS) is 12.2. The van der Waals surface area contributed by atoms with Crippen molar-refractivity contribution >= 4 is 17.4 Å². The van der Waals surface area contributed by atoms with Crippen LogP contribution >= 0.6 is 0 Å². The van der Waals surface area contributed by atoms with Crippen molar-refractivity contribution in [3.8, 4) is 0 Å². The number of rotatable bonds is 5. The number of aromatic nitrogens is 3. The molecule has 0 bridgehead atoms. The molecular weight excluding hydrogens is 290 g/mol. The largest absolute Gasteiger partial charge is 0.390 e. The van der Waals surface area contributed by atoms with Gasteiger partial charge in [-0.1, -0.05) is 12.1 Å². The lowest BCUT2D eigenvalue weighted by Gasteiger charge is -2.11. The molecule has 1 atom stereocenters. The van der Waals surface area contributed by atoms with E-state index in [-0.39, 0.29) is 18.3 Å². The summed E-state index contributed by atoms with van der Waals surface area (Å²) in [5.74, 6) is -0.348. The van der Waals surface area contributed by atoms with Gasteiger partial charge in [-0.05, 0) is 25.7 Å².